The average molecular weight is 266 g/mol. The largest absolute Gasteiger partial charge is 0.491 e. The van der Waals surface area contributed by atoms with Crippen molar-refractivity contribution in [3.63, 3.8) is 0 Å². The van der Waals surface area contributed by atoms with E-state index in [1.54, 1.807) is 0 Å². The van der Waals surface area contributed by atoms with Crippen molar-refractivity contribution in [2.24, 2.45) is 0 Å². The van der Waals surface area contributed by atoms with E-state index in [0.29, 0.717) is 19.3 Å². The van der Waals surface area contributed by atoms with Crippen LogP contribution in [-0.2, 0) is 4.74 Å². The second-order valence-electron chi connectivity index (χ2n) is 5.46. The lowest BCUT2D eigenvalue weighted by Crippen LogP contribution is -2.89. The first-order valence-electron chi connectivity index (χ1n) is 7.12. The molecule has 3 nitrogen and oxygen atoms in total. The van der Waals surface area contributed by atoms with Crippen LogP contribution in [0.1, 0.15) is 30.5 Å². The van der Waals surface area contributed by atoms with Gasteiger partial charge in [-0.1, -0.05) is 17.7 Å². The number of benzene rings is 1. The van der Waals surface area contributed by atoms with E-state index in [2.05, 4.69) is 52.1 Å². The van der Waals surface area contributed by atoms with E-state index in [0.717, 1.165) is 18.9 Å². The van der Waals surface area contributed by atoms with Gasteiger partial charge in [0.05, 0.1) is 25.8 Å². The van der Waals surface area contributed by atoms with Crippen LogP contribution in [0.3, 0.4) is 0 Å². The number of quaternary nitrogens is 1. The Morgan fingerprint density at radius 3 is 2.21 bits per heavy atom. The van der Waals surface area contributed by atoms with Gasteiger partial charge in [0.25, 0.3) is 0 Å². The molecule has 0 saturated heterocycles. The van der Waals surface area contributed by atoms with E-state index in [-0.39, 0.29) is 0 Å². The Balaban J connectivity index is 2.23. The number of hydrogen-bond acceptors (Lipinski definition) is 2. The van der Waals surface area contributed by atoms with Crippen LogP contribution in [0.15, 0.2) is 12.1 Å². The summed E-state index contributed by atoms with van der Waals surface area (Å²) < 4.78 is 11.4. The van der Waals surface area contributed by atoms with E-state index in [1.165, 1.54) is 16.7 Å². The van der Waals surface area contributed by atoms with Crippen LogP contribution in [0.25, 0.3) is 0 Å². The molecule has 0 amide bonds. The van der Waals surface area contributed by atoms with Gasteiger partial charge in [0.1, 0.15) is 12.4 Å². The minimum absolute atomic E-state index is 0.617. The molecule has 1 rings (SSSR count). The van der Waals surface area contributed by atoms with Gasteiger partial charge in [-0.3, -0.25) is 0 Å². The van der Waals surface area contributed by atoms with Crippen LogP contribution >= 0.6 is 0 Å². The highest BCUT2D eigenvalue weighted by Crippen LogP contribution is 2.24. The number of hydrogen-bond donors (Lipinski definition) is 1. The van der Waals surface area contributed by atoms with Gasteiger partial charge in [0.2, 0.25) is 0 Å². The molecule has 0 fully saturated rings. The second kappa shape index (κ2) is 8.18. The number of rotatable bonds is 8. The van der Waals surface area contributed by atoms with Gasteiger partial charge in [-0.25, -0.2) is 0 Å². The summed E-state index contributed by atoms with van der Waals surface area (Å²) in [6.07, 6.45) is 0. The van der Waals surface area contributed by atoms with Crippen LogP contribution in [0, 0.1) is 20.8 Å². The topological polar surface area (TPSA) is 35.1 Å². The van der Waals surface area contributed by atoms with Gasteiger partial charge in [-0.15, -0.1) is 0 Å². The molecule has 0 heterocycles. The lowest BCUT2D eigenvalue weighted by atomic mass is 10.1. The van der Waals surface area contributed by atoms with Gasteiger partial charge in [-0.05, 0) is 45.7 Å². The molecule has 0 aromatic heterocycles. The Morgan fingerprint density at radius 2 is 1.63 bits per heavy atom. The lowest BCUT2D eigenvalue weighted by Gasteiger charge is -2.13. The Bertz CT molecular complexity index is 365. The minimum Gasteiger partial charge on any atom is -0.491 e. The molecule has 0 aliphatic rings. The monoisotopic (exact) mass is 266 g/mol. The van der Waals surface area contributed by atoms with Crippen molar-refractivity contribution < 1.29 is 14.8 Å². The zero-order valence-corrected chi connectivity index (χ0v) is 13.0. The highest BCUT2D eigenvalue weighted by molar-refractivity contribution is 5.42. The Morgan fingerprint density at radius 1 is 1.00 bits per heavy atom. The molecule has 1 aromatic carbocycles. The summed E-state index contributed by atoms with van der Waals surface area (Å²) in [6, 6.07) is 4.94. The summed E-state index contributed by atoms with van der Waals surface area (Å²) in [5, 5.41) is 2.27. The predicted octanol–water partition coefficient (Wildman–Crippen LogP) is 1.98. The Labute approximate surface area is 117 Å². The van der Waals surface area contributed by atoms with Crippen molar-refractivity contribution in [1.29, 1.82) is 0 Å². The molecule has 19 heavy (non-hydrogen) atoms. The van der Waals surface area contributed by atoms with Crippen LogP contribution in [0.2, 0.25) is 0 Å². The number of aryl methyl sites for hydroxylation is 3. The zero-order valence-electron chi connectivity index (χ0n) is 13.0. The van der Waals surface area contributed by atoms with Gasteiger partial charge in [0.15, 0.2) is 0 Å². The smallest absolute Gasteiger partial charge is 0.125 e. The molecular weight excluding hydrogens is 238 g/mol. The number of nitrogens with two attached hydrogens (primary N) is 1. The number of ether oxygens (including phenoxy) is 2. The molecule has 0 atom stereocenters. The summed E-state index contributed by atoms with van der Waals surface area (Å²) in [6.45, 7) is 13.7. The molecule has 0 radical (unpaired) electrons. The molecular formula is C16H28NO2+. The molecule has 3 heteroatoms. The highest BCUT2D eigenvalue weighted by atomic mass is 16.5. The summed E-state index contributed by atoms with van der Waals surface area (Å²) in [5.41, 5.74) is 3.68. The van der Waals surface area contributed by atoms with Gasteiger partial charge in [0, 0.05) is 0 Å². The maximum Gasteiger partial charge on any atom is 0.125 e. The molecule has 108 valence electrons. The first-order valence-corrected chi connectivity index (χ1v) is 7.12. The van der Waals surface area contributed by atoms with E-state index in [4.69, 9.17) is 9.47 Å². The fourth-order valence-corrected chi connectivity index (χ4v) is 2.18. The van der Waals surface area contributed by atoms with E-state index < -0.39 is 0 Å². The van der Waals surface area contributed by atoms with E-state index >= 15 is 0 Å². The van der Waals surface area contributed by atoms with Crippen molar-refractivity contribution in [2.75, 3.05) is 26.4 Å². The van der Waals surface area contributed by atoms with Gasteiger partial charge in [-0.2, -0.15) is 0 Å². The third-order valence-electron chi connectivity index (χ3n) is 2.98. The third-order valence-corrected chi connectivity index (χ3v) is 2.98. The van der Waals surface area contributed by atoms with Crippen molar-refractivity contribution in [3.05, 3.63) is 28.8 Å². The zero-order chi connectivity index (χ0) is 14.3. The molecule has 2 N–H and O–H groups in total. The molecule has 0 aliphatic heterocycles. The predicted molar refractivity (Wildman–Crippen MR) is 78.9 cm³/mol. The lowest BCUT2D eigenvalue weighted by molar-refractivity contribution is -0.684. The standard InChI is InChI=1S/C16H27NO2/c1-12(2)17-6-7-18-8-9-19-16-14(4)10-13(3)11-15(16)5/h10-12,17H,6-9H2,1-5H3/p+1. The second-order valence-corrected chi connectivity index (χ2v) is 5.46. The summed E-state index contributed by atoms with van der Waals surface area (Å²) in [5.74, 6) is 1.00. The van der Waals surface area contributed by atoms with Crippen molar-refractivity contribution >= 4 is 0 Å². The van der Waals surface area contributed by atoms with Crippen molar-refractivity contribution in [1.82, 2.24) is 0 Å². The molecule has 0 unspecified atom stereocenters. The van der Waals surface area contributed by atoms with Crippen LogP contribution in [0.4, 0.5) is 0 Å². The summed E-state index contributed by atoms with van der Waals surface area (Å²) in [4.78, 5) is 0. The van der Waals surface area contributed by atoms with E-state index in [9.17, 15) is 0 Å². The minimum atomic E-state index is 0.617. The fourth-order valence-electron chi connectivity index (χ4n) is 2.18. The molecule has 0 aliphatic carbocycles. The highest BCUT2D eigenvalue weighted by Gasteiger charge is 2.04. The molecule has 0 bridgehead atoms. The Kier molecular flexibility index (Phi) is 6.89. The van der Waals surface area contributed by atoms with E-state index in [1.807, 2.05) is 0 Å². The first-order chi connectivity index (χ1) is 9.00. The molecule has 0 spiro atoms. The normalized spacial score (nSPS) is 11.1. The quantitative estimate of drug-likeness (QED) is 0.730. The summed E-state index contributed by atoms with van der Waals surface area (Å²) >= 11 is 0. The van der Waals surface area contributed by atoms with Crippen LogP contribution < -0.4 is 10.1 Å². The maximum absolute atomic E-state index is 5.82. The third kappa shape index (κ3) is 6.08. The summed E-state index contributed by atoms with van der Waals surface area (Å²) in [7, 11) is 0. The van der Waals surface area contributed by atoms with Gasteiger partial charge >= 0.3 is 0 Å². The van der Waals surface area contributed by atoms with Gasteiger partial charge < -0.3 is 14.8 Å². The molecule has 1 aromatic rings. The molecule has 0 saturated carbocycles. The Hall–Kier alpha value is -1.06. The van der Waals surface area contributed by atoms with Crippen LogP contribution in [-0.4, -0.2) is 32.4 Å². The van der Waals surface area contributed by atoms with Crippen LogP contribution in [0.5, 0.6) is 5.75 Å². The maximum atomic E-state index is 5.82. The first kappa shape index (κ1) is 16.0. The van der Waals surface area contributed by atoms with Crippen molar-refractivity contribution in [2.45, 2.75) is 40.7 Å². The SMILES string of the molecule is Cc1cc(C)c(OCCOCC[NH2+]C(C)C)c(C)c1. The van der Waals surface area contributed by atoms with Crippen molar-refractivity contribution in [3.8, 4) is 5.75 Å². The fraction of sp³-hybridized carbons (Fsp3) is 0.625. The average Bonchev–Trinajstić information content (AvgIpc) is 2.30.